The molecule has 3 fully saturated rings. The van der Waals surface area contributed by atoms with Gasteiger partial charge in [0, 0.05) is 19.1 Å². The fourth-order valence-electron chi connectivity index (χ4n) is 4.96. The SMILES string of the molecule is C[C@@H]1CN(S(=O)(=O)N[C@@H]2C[C@H]3CC[C@@]2(C)C3(C)C)C[C@H](C)O1. The Kier molecular flexibility index (Phi) is 3.91. The summed E-state index contributed by atoms with van der Waals surface area (Å²) in [6, 6.07) is 0.0553. The van der Waals surface area contributed by atoms with Gasteiger partial charge in [0.1, 0.15) is 0 Å². The van der Waals surface area contributed by atoms with Crippen LogP contribution in [0.15, 0.2) is 0 Å². The van der Waals surface area contributed by atoms with E-state index in [2.05, 4.69) is 25.5 Å². The average Bonchev–Trinajstić information content (AvgIpc) is 2.70. The van der Waals surface area contributed by atoms with Gasteiger partial charge in [0.15, 0.2) is 0 Å². The van der Waals surface area contributed by atoms with E-state index >= 15 is 0 Å². The molecule has 2 saturated carbocycles. The molecule has 1 N–H and O–H groups in total. The largest absolute Gasteiger partial charge is 0.373 e. The van der Waals surface area contributed by atoms with E-state index < -0.39 is 10.2 Å². The van der Waals surface area contributed by atoms with Gasteiger partial charge in [-0.2, -0.15) is 17.4 Å². The normalized spacial score (nSPS) is 45.3. The Morgan fingerprint density at radius 2 is 1.73 bits per heavy atom. The molecule has 0 radical (unpaired) electrons. The number of nitrogens with zero attached hydrogens (tertiary/aromatic N) is 1. The second-order valence-electron chi connectivity index (χ2n) is 8.36. The summed E-state index contributed by atoms with van der Waals surface area (Å²) < 4.78 is 35.9. The van der Waals surface area contributed by atoms with Crippen molar-refractivity contribution >= 4 is 10.2 Å². The predicted octanol–water partition coefficient (Wildman–Crippen LogP) is 2.14. The van der Waals surface area contributed by atoms with Crippen LogP contribution in [0.1, 0.15) is 53.9 Å². The molecule has 0 amide bonds. The molecule has 0 aromatic heterocycles. The van der Waals surface area contributed by atoms with Crippen molar-refractivity contribution in [1.82, 2.24) is 9.03 Å². The van der Waals surface area contributed by atoms with Crippen molar-refractivity contribution < 1.29 is 13.2 Å². The summed E-state index contributed by atoms with van der Waals surface area (Å²) in [5.41, 5.74) is 0.278. The topological polar surface area (TPSA) is 58.6 Å². The number of fused-ring (bicyclic) bond motifs is 2. The van der Waals surface area contributed by atoms with Crippen LogP contribution in [0.3, 0.4) is 0 Å². The first-order valence-electron chi connectivity index (χ1n) is 8.49. The highest BCUT2D eigenvalue weighted by atomic mass is 32.2. The van der Waals surface area contributed by atoms with Crippen molar-refractivity contribution in [2.45, 2.75) is 72.1 Å². The van der Waals surface area contributed by atoms with Gasteiger partial charge in [-0.15, -0.1) is 0 Å². The molecule has 0 aromatic carbocycles. The lowest BCUT2D eigenvalue weighted by Crippen LogP contribution is -2.56. The Hall–Kier alpha value is -0.170. The number of hydrogen-bond donors (Lipinski definition) is 1. The summed E-state index contributed by atoms with van der Waals surface area (Å²) in [4.78, 5) is 0. The van der Waals surface area contributed by atoms with E-state index in [0.717, 1.165) is 12.8 Å². The van der Waals surface area contributed by atoms with E-state index in [1.165, 1.54) is 6.42 Å². The molecule has 0 spiro atoms. The molecule has 2 bridgehead atoms. The highest BCUT2D eigenvalue weighted by molar-refractivity contribution is 7.87. The van der Waals surface area contributed by atoms with Gasteiger partial charge in [0.25, 0.3) is 10.2 Å². The van der Waals surface area contributed by atoms with Crippen molar-refractivity contribution in [2.24, 2.45) is 16.7 Å². The van der Waals surface area contributed by atoms with Gasteiger partial charge in [-0.05, 0) is 49.9 Å². The maximum absolute atomic E-state index is 12.8. The van der Waals surface area contributed by atoms with Crippen LogP contribution < -0.4 is 4.72 Å². The summed E-state index contributed by atoms with van der Waals surface area (Å²) in [7, 11) is -3.44. The fourth-order valence-corrected chi connectivity index (χ4v) is 6.64. The van der Waals surface area contributed by atoms with Crippen LogP contribution in [0.5, 0.6) is 0 Å². The van der Waals surface area contributed by atoms with E-state index in [0.29, 0.717) is 19.0 Å². The summed E-state index contributed by atoms with van der Waals surface area (Å²) in [5, 5.41) is 0. The Balaban J connectivity index is 1.76. The third kappa shape index (κ3) is 2.43. The van der Waals surface area contributed by atoms with Crippen LogP contribution in [0.4, 0.5) is 0 Å². The molecule has 128 valence electrons. The highest BCUT2D eigenvalue weighted by Crippen LogP contribution is 2.65. The monoisotopic (exact) mass is 330 g/mol. The first kappa shape index (κ1) is 16.7. The maximum atomic E-state index is 12.8. The molecular formula is C16H30N2O3S. The van der Waals surface area contributed by atoms with Gasteiger partial charge in [-0.1, -0.05) is 20.8 Å². The molecule has 1 saturated heterocycles. The van der Waals surface area contributed by atoms with E-state index in [9.17, 15) is 8.42 Å². The van der Waals surface area contributed by atoms with Gasteiger partial charge >= 0.3 is 0 Å². The smallest absolute Gasteiger partial charge is 0.279 e. The Bertz CT molecular complexity index is 538. The molecular weight excluding hydrogens is 300 g/mol. The number of hydrogen-bond acceptors (Lipinski definition) is 3. The minimum atomic E-state index is -3.44. The first-order valence-corrected chi connectivity index (χ1v) is 9.93. The van der Waals surface area contributed by atoms with Gasteiger partial charge in [-0.3, -0.25) is 0 Å². The van der Waals surface area contributed by atoms with Crippen LogP contribution in [0.2, 0.25) is 0 Å². The van der Waals surface area contributed by atoms with Crippen LogP contribution >= 0.6 is 0 Å². The Morgan fingerprint density at radius 3 is 2.18 bits per heavy atom. The molecule has 2 aliphatic carbocycles. The summed E-state index contributed by atoms with van der Waals surface area (Å²) in [5.74, 6) is 0.632. The van der Waals surface area contributed by atoms with Crippen molar-refractivity contribution in [1.29, 1.82) is 0 Å². The van der Waals surface area contributed by atoms with E-state index in [1.54, 1.807) is 4.31 Å². The molecule has 22 heavy (non-hydrogen) atoms. The zero-order valence-electron chi connectivity index (χ0n) is 14.4. The molecule has 1 heterocycles. The third-order valence-corrected chi connectivity index (χ3v) is 8.37. The Labute approximate surface area is 135 Å². The lowest BCUT2D eigenvalue weighted by atomic mass is 9.69. The van der Waals surface area contributed by atoms with Crippen molar-refractivity contribution in [3.8, 4) is 0 Å². The average molecular weight is 330 g/mol. The molecule has 3 aliphatic rings. The number of ether oxygens (including phenoxy) is 1. The number of rotatable bonds is 3. The second kappa shape index (κ2) is 5.16. The van der Waals surface area contributed by atoms with Crippen molar-refractivity contribution in [3.63, 3.8) is 0 Å². The van der Waals surface area contributed by atoms with E-state index in [4.69, 9.17) is 4.74 Å². The summed E-state index contributed by atoms with van der Waals surface area (Å²) >= 11 is 0. The van der Waals surface area contributed by atoms with Crippen molar-refractivity contribution in [3.05, 3.63) is 0 Å². The third-order valence-electron chi connectivity index (χ3n) is 6.81. The van der Waals surface area contributed by atoms with Crippen LogP contribution in [0.25, 0.3) is 0 Å². The van der Waals surface area contributed by atoms with Crippen LogP contribution in [-0.4, -0.2) is 44.1 Å². The van der Waals surface area contributed by atoms with Gasteiger partial charge in [0.05, 0.1) is 12.2 Å². The van der Waals surface area contributed by atoms with E-state index in [-0.39, 0.29) is 29.1 Å². The fraction of sp³-hybridized carbons (Fsp3) is 1.00. The number of morpholine rings is 1. The quantitative estimate of drug-likeness (QED) is 0.862. The molecule has 1 aliphatic heterocycles. The molecule has 6 heteroatoms. The molecule has 0 unspecified atom stereocenters. The minimum absolute atomic E-state index is 0.0487. The van der Waals surface area contributed by atoms with Gasteiger partial charge in [-0.25, -0.2) is 0 Å². The van der Waals surface area contributed by atoms with E-state index in [1.807, 2.05) is 13.8 Å². The number of nitrogens with one attached hydrogen (secondary N) is 1. The highest BCUT2D eigenvalue weighted by Gasteiger charge is 2.62. The lowest BCUT2D eigenvalue weighted by Gasteiger charge is -2.41. The second-order valence-corrected chi connectivity index (χ2v) is 10.1. The Morgan fingerprint density at radius 1 is 1.14 bits per heavy atom. The summed E-state index contributed by atoms with van der Waals surface area (Å²) in [6.45, 7) is 11.6. The zero-order valence-corrected chi connectivity index (χ0v) is 15.2. The summed E-state index contributed by atoms with van der Waals surface area (Å²) in [6.07, 6.45) is 3.22. The van der Waals surface area contributed by atoms with Crippen LogP contribution in [0, 0.1) is 16.7 Å². The lowest BCUT2D eigenvalue weighted by molar-refractivity contribution is -0.0446. The zero-order chi connectivity index (χ0) is 16.3. The molecule has 5 atom stereocenters. The maximum Gasteiger partial charge on any atom is 0.279 e. The van der Waals surface area contributed by atoms with Crippen molar-refractivity contribution in [2.75, 3.05) is 13.1 Å². The molecule has 5 nitrogen and oxygen atoms in total. The van der Waals surface area contributed by atoms with Gasteiger partial charge in [0.2, 0.25) is 0 Å². The minimum Gasteiger partial charge on any atom is -0.373 e. The standard InChI is InChI=1S/C16H30N2O3S/c1-11-9-18(10-12(2)21-11)22(19,20)17-14-8-13-6-7-16(14,5)15(13,3)4/h11-14,17H,6-10H2,1-5H3/t11-,12+,13-,14-,16-/m1/s1. The predicted molar refractivity (Wildman–Crippen MR) is 86.7 cm³/mol. The molecule has 3 rings (SSSR count). The molecule has 0 aromatic rings. The van der Waals surface area contributed by atoms with Gasteiger partial charge < -0.3 is 4.74 Å². The first-order chi connectivity index (χ1) is 10.1. The van der Waals surface area contributed by atoms with Crippen LogP contribution in [-0.2, 0) is 14.9 Å².